The molecule has 1 spiro atoms. The molecule has 0 unspecified atom stereocenters. The molecule has 2 heterocycles. The van der Waals surface area contributed by atoms with Gasteiger partial charge in [-0.05, 0) is 58.3 Å². The average molecular weight is 223 g/mol. The molecule has 3 rings (SSSR count). The first-order valence-electron chi connectivity index (χ1n) is 6.80. The van der Waals surface area contributed by atoms with E-state index in [-0.39, 0.29) is 0 Å². The van der Waals surface area contributed by atoms with Crippen LogP contribution in [0.2, 0.25) is 0 Å². The molecule has 1 aliphatic carbocycles. The molecule has 0 atom stereocenters. The molecule has 0 aromatic heterocycles. The molecule has 1 N–H and O–H groups in total. The first-order chi connectivity index (χ1) is 7.69. The van der Waals surface area contributed by atoms with Crippen molar-refractivity contribution in [3.8, 4) is 0 Å². The maximum Gasteiger partial charge on any atom is 0.0119 e. The Hall–Kier alpha value is -0.120. The van der Waals surface area contributed by atoms with Crippen LogP contribution in [-0.4, -0.2) is 62.2 Å². The number of rotatable bonds is 2. The number of hydrogen-bond acceptors (Lipinski definition) is 3. The van der Waals surface area contributed by atoms with Crippen LogP contribution in [-0.2, 0) is 0 Å². The van der Waals surface area contributed by atoms with Gasteiger partial charge in [0.15, 0.2) is 0 Å². The van der Waals surface area contributed by atoms with E-state index in [1.54, 1.807) is 0 Å². The Morgan fingerprint density at radius 1 is 1.12 bits per heavy atom. The zero-order chi connectivity index (χ0) is 11.2. The zero-order valence-corrected chi connectivity index (χ0v) is 10.7. The van der Waals surface area contributed by atoms with E-state index in [9.17, 15) is 0 Å². The van der Waals surface area contributed by atoms with Crippen molar-refractivity contribution in [1.82, 2.24) is 15.1 Å². The summed E-state index contributed by atoms with van der Waals surface area (Å²) in [7, 11) is 4.60. The molecule has 3 nitrogen and oxygen atoms in total. The normalized spacial score (nSPS) is 31.7. The molecule has 3 heteroatoms. The van der Waals surface area contributed by atoms with E-state index in [2.05, 4.69) is 29.2 Å². The van der Waals surface area contributed by atoms with Crippen LogP contribution in [0.1, 0.15) is 25.7 Å². The predicted molar refractivity (Wildman–Crippen MR) is 66.6 cm³/mol. The lowest BCUT2D eigenvalue weighted by Gasteiger charge is -2.61. The molecule has 2 aliphatic heterocycles. The van der Waals surface area contributed by atoms with Gasteiger partial charge in [0.25, 0.3) is 0 Å². The second-order valence-electron chi connectivity index (χ2n) is 6.38. The highest BCUT2D eigenvalue weighted by Crippen LogP contribution is 2.49. The van der Waals surface area contributed by atoms with Crippen molar-refractivity contribution in [3.63, 3.8) is 0 Å². The van der Waals surface area contributed by atoms with E-state index in [1.807, 2.05) is 0 Å². The second kappa shape index (κ2) is 3.97. The van der Waals surface area contributed by atoms with Gasteiger partial charge in [-0.2, -0.15) is 0 Å². The number of likely N-dealkylation sites (tertiary alicyclic amines) is 1. The highest BCUT2D eigenvalue weighted by atomic mass is 15.2. The van der Waals surface area contributed by atoms with Gasteiger partial charge in [-0.1, -0.05) is 0 Å². The van der Waals surface area contributed by atoms with E-state index in [4.69, 9.17) is 0 Å². The fourth-order valence-corrected chi connectivity index (χ4v) is 4.10. The largest absolute Gasteiger partial charge is 0.317 e. The SMILES string of the molecule is CN1CC2(CC(N(C)C3CCNCC3)C2)C1. The van der Waals surface area contributed by atoms with E-state index < -0.39 is 0 Å². The fraction of sp³-hybridized carbons (Fsp3) is 1.00. The van der Waals surface area contributed by atoms with Crippen LogP contribution in [0.3, 0.4) is 0 Å². The molecule has 92 valence electrons. The van der Waals surface area contributed by atoms with Crippen molar-refractivity contribution in [2.75, 3.05) is 40.3 Å². The number of nitrogens with zero attached hydrogens (tertiary/aromatic N) is 2. The highest BCUT2D eigenvalue weighted by Gasteiger charge is 2.52. The maximum atomic E-state index is 3.46. The summed E-state index contributed by atoms with van der Waals surface area (Å²) >= 11 is 0. The van der Waals surface area contributed by atoms with Crippen LogP contribution in [0, 0.1) is 5.41 Å². The minimum absolute atomic E-state index is 0.737. The van der Waals surface area contributed by atoms with Crippen molar-refractivity contribution in [2.24, 2.45) is 5.41 Å². The van der Waals surface area contributed by atoms with Crippen molar-refractivity contribution < 1.29 is 0 Å². The highest BCUT2D eigenvalue weighted by molar-refractivity contribution is 5.07. The zero-order valence-electron chi connectivity index (χ0n) is 10.7. The summed E-state index contributed by atoms with van der Waals surface area (Å²) in [6.07, 6.45) is 5.61. The Morgan fingerprint density at radius 2 is 1.75 bits per heavy atom. The topological polar surface area (TPSA) is 18.5 Å². The molecule has 2 saturated heterocycles. The van der Waals surface area contributed by atoms with Crippen LogP contribution in [0.4, 0.5) is 0 Å². The van der Waals surface area contributed by atoms with E-state index >= 15 is 0 Å². The fourth-order valence-electron chi connectivity index (χ4n) is 4.10. The lowest BCUT2D eigenvalue weighted by molar-refractivity contribution is -0.103. The summed E-state index contributed by atoms with van der Waals surface area (Å²) < 4.78 is 0. The molecule has 16 heavy (non-hydrogen) atoms. The van der Waals surface area contributed by atoms with Gasteiger partial charge in [-0.25, -0.2) is 0 Å². The van der Waals surface area contributed by atoms with Gasteiger partial charge in [0.2, 0.25) is 0 Å². The first-order valence-corrected chi connectivity index (χ1v) is 6.80. The average Bonchev–Trinajstić information content (AvgIpc) is 2.22. The molecule has 0 bridgehead atoms. The number of hydrogen-bond donors (Lipinski definition) is 1. The van der Waals surface area contributed by atoms with E-state index in [1.165, 1.54) is 51.9 Å². The Bertz CT molecular complexity index is 246. The monoisotopic (exact) mass is 223 g/mol. The Morgan fingerprint density at radius 3 is 2.31 bits per heavy atom. The van der Waals surface area contributed by atoms with Crippen LogP contribution in [0.5, 0.6) is 0 Å². The van der Waals surface area contributed by atoms with Crippen molar-refractivity contribution >= 4 is 0 Å². The first kappa shape index (κ1) is 11.0. The third-order valence-corrected chi connectivity index (χ3v) is 5.01. The van der Waals surface area contributed by atoms with Gasteiger partial charge < -0.3 is 15.1 Å². The molecule has 0 radical (unpaired) electrons. The van der Waals surface area contributed by atoms with Gasteiger partial charge in [0.1, 0.15) is 0 Å². The Balaban J connectivity index is 1.48. The molecular weight excluding hydrogens is 198 g/mol. The minimum atomic E-state index is 0.737. The molecule has 3 fully saturated rings. The van der Waals surface area contributed by atoms with Crippen LogP contribution < -0.4 is 5.32 Å². The standard InChI is InChI=1S/C13H25N3/c1-15-9-13(10-15)7-12(8-13)16(2)11-3-5-14-6-4-11/h11-12,14H,3-10H2,1-2H3. The van der Waals surface area contributed by atoms with Crippen molar-refractivity contribution in [1.29, 1.82) is 0 Å². The lowest BCUT2D eigenvalue weighted by Crippen LogP contribution is -2.66. The summed E-state index contributed by atoms with van der Waals surface area (Å²) in [5, 5.41) is 3.46. The Labute approximate surface area is 99.2 Å². The van der Waals surface area contributed by atoms with Gasteiger partial charge >= 0.3 is 0 Å². The summed E-state index contributed by atoms with van der Waals surface area (Å²) in [6, 6.07) is 1.73. The van der Waals surface area contributed by atoms with E-state index in [0.717, 1.165) is 17.5 Å². The quantitative estimate of drug-likeness (QED) is 0.746. The van der Waals surface area contributed by atoms with Crippen LogP contribution in [0.15, 0.2) is 0 Å². The van der Waals surface area contributed by atoms with Gasteiger partial charge in [-0.15, -0.1) is 0 Å². The molecule has 0 aromatic rings. The van der Waals surface area contributed by atoms with Crippen molar-refractivity contribution in [3.05, 3.63) is 0 Å². The summed E-state index contributed by atoms with van der Waals surface area (Å²) in [6.45, 7) is 5.14. The molecule has 1 saturated carbocycles. The number of piperidine rings is 1. The van der Waals surface area contributed by atoms with Crippen LogP contribution in [0.25, 0.3) is 0 Å². The smallest absolute Gasteiger partial charge is 0.0119 e. The summed E-state index contributed by atoms with van der Waals surface area (Å²) in [4.78, 5) is 5.14. The van der Waals surface area contributed by atoms with Gasteiger partial charge in [0, 0.05) is 25.2 Å². The third-order valence-electron chi connectivity index (χ3n) is 5.01. The predicted octanol–water partition coefficient (Wildman–Crippen LogP) is 0.764. The summed E-state index contributed by atoms with van der Waals surface area (Å²) in [5.74, 6) is 0. The minimum Gasteiger partial charge on any atom is -0.317 e. The Kier molecular flexibility index (Phi) is 2.73. The van der Waals surface area contributed by atoms with Gasteiger partial charge in [0.05, 0.1) is 0 Å². The molecule has 0 aromatic carbocycles. The second-order valence-corrected chi connectivity index (χ2v) is 6.38. The van der Waals surface area contributed by atoms with Crippen molar-refractivity contribution in [2.45, 2.75) is 37.8 Å². The maximum absolute atomic E-state index is 3.46. The van der Waals surface area contributed by atoms with Gasteiger partial charge in [-0.3, -0.25) is 0 Å². The lowest BCUT2D eigenvalue weighted by atomic mass is 9.60. The molecule has 3 aliphatic rings. The number of nitrogens with one attached hydrogen (secondary N) is 1. The third kappa shape index (κ3) is 1.79. The molecular formula is C13H25N3. The summed E-state index contributed by atoms with van der Waals surface area (Å²) in [5.41, 5.74) is 0.737. The molecule has 0 amide bonds. The van der Waals surface area contributed by atoms with Crippen LogP contribution >= 0.6 is 0 Å². The van der Waals surface area contributed by atoms with E-state index in [0.29, 0.717) is 0 Å².